The first-order chi connectivity index (χ1) is 32.6. The molecule has 0 saturated carbocycles. The molecule has 2 fully saturated rings. The van der Waals surface area contributed by atoms with Crippen LogP contribution < -0.4 is 32.3 Å². The number of nitrogens with two attached hydrogens (primary N) is 1. The standard InChI is InChI=1S/C49H70N8O12/c1-9-27(5)39-49(68)69-29(7)40(55-43(62)33(20-22-37(50)59)51-42(61)31-14-12-11-13-15-31)46(65)53-35(24-26(3)4)44(63)52-34-21-23-38(60)57(47(34)66)41(28(6)10-2)48(67)56(8)36(45(64)54-39)25-30-16-18-32(58)19-17-30/h11-19,26-29,33-36,38-41,58,60H,9-10,20-25H2,1-8H3,(H2,50,59)(H,51,61)(H,52,63)(H,53,65)(H,54,64)(H,55,62)/t27-,28-,29+,33-,34?,35-,36-,38?,39-,40-,41-/m0/s1. The Kier molecular flexibility index (Phi) is 20.1. The maximum atomic E-state index is 14.9. The fraction of sp³-hybridized carbons (Fsp3) is 0.571. The van der Waals surface area contributed by atoms with E-state index >= 15 is 0 Å². The summed E-state index contributed by atoms with van der Waals surface area (Å²) in [5.41, 5.74) is 6.13. The lowest BCUT2D eigenvalue weighted by Crippen LogP contribution is -2.66. The van der Waals surface area contributed by atoms with Crippen molar-refractivity contribution in [3.05, 3.63) is 65.7 Å². The van der Waals surface area contributed by atoms with E-state index in [-0.39, 0.29) is 55.8 Å². The topological polar surface area (TPSA) is 296 Å². The van der Waals surface area contributed by atoms with E-state index in [1.165, 1.54) is 38.2 Å². The Balaban J connectivity index is 1.87. The second-order valence-electron chi connectivity index (χ2n) is 18.6. The van der Waals surface area contributed by atoms with Crippen LogP contribution in [-0.4, -0.2) is 135 Å². The molecule has 69 heavy (non-hydrogen) atoms. The summed E-state index contributed by atoms with van der Waals surface area (Å²) in [6.07, 6.45) is -3.10. The van der Waals surface area contributed by atoms with Gasteiger partial charge in [-0.25, -0.2) is 4.79 Å². The highest BCUT2D eigenvalue weighted by Gasteiger charge is 2.47. The lowest BCUT2D eigenvalue weighted by Gasteiger charge is -2.44. The number of hydrogen-bond donors (Lipinski definition) is 8. The Bertz CT molecular complexity index is 2160. The highest BCUT2D eigenvalue weighted by Crippen LogP contribution is 2.28. The van der Waals surface area contributed by atoms with Crippen LogP contribution in [0.25, 0.3) is 0 Å². The van der Waals surface area contributed by atoms with Gasteiger partial charge in [0.05, 0.1) is 0 Å². The largest absolute Gasteiger partial charge is 0.508 e. The summed E-state index contributed by atoms with van der Waals surface area (Å²) in [5, 5.41) is 34.8. The van der Waals surface area contributed by atoms with Gasteiger partial charge in [-0.05, 0) is 80.2 Å². The van der Waals surface area contributed by atoms with Crippen LogP contribution in [0.3, 0.4) is 0 Å². The molecule has 2 aromatic carbocycles. The van der Waals surface area contributed by atoms with Gasteiger partial charge in [0.1, 0.15) is 60.4 Å². The average molecular weight is 963 g/mol. The highest BCUT2D eigenvalue weighted by atomic mass is 16.5. The molecule has 2 heterocycles. The van der Waals surface area contributed by atoms with Crippen molar-refractivity contribution in [2.24, 2.45) is 23.5 Å². The number of hydrogen-bond acceptors (Lipinski definition) is 12. The van der Waals surface area contributed by atoms with Crippen molar-refractivity contribution in [1.29, 1.82) is 0 Å². The smallest absolute Gasteiger partial charge is 0.329 e. The average Bonchev–Trinajstić information content (AvgIpc) is 3.31. The predicted molar refractivity (Wildman–Crippen MR) is 252 cm³/mol. The summed E-state index contributed by atoms with van der Waals surface area (Å²) in [4.78, 5) is 129. The highest BCUT2D eigenvalue weighted by molar-refractivity contribution is 6.00. The summed E-state index contributed by atoms with van der Waals surface area (Å²) in [6, 6.07) is 3.96. The molecule has 8 amide bonds. The van der Waals surface area contributed by atoms with E-state index in [9.17, 15) is 53.4 Å². The monoisotopic (exact) mass is 963 g/mol. The number of esters is 1. The fourth-order valence-corrected chi connectivity index (χ4v) is 8.36. The number of phenols is 1. The molecule has 2 aliphatic heterocycles. The molecule has 4 rings (SSSR count). The van der Waals surface area contributed by atoms with Crippen LogP contribution in [0, 0.1) is 17.8 Å². The molecule has 0 aliphatic carbocycles. The number of aliphatic hydroxyl groups excluding tert-OH is 1. The number of carbonyl (C=O) groups is 9. The van der Waals surface area contributed by atoms with Gasteiger partial charge in [-0.3, -0.25) is 38.4 Å². The summed E-state index contributed by atoms with van der Waals surface area (Å²) in [5.74, 6) is -8.96. The maximum absolute atomic E-state index is 14.9. The van der Waals surface area contributed by atoms with Gasteiger partial charge in [-0.15, -0.1) is 0 Å². The van der Waals surface area contributed by atoms with Gasteiger partial charge in [-0.1, -0.05) is 84.7 Å². The van der Waals surface area contributed by atoms with Crippen LogP contribution in [0.2, 0.25) is 0 Å². The van der Waals surface area contributed by atoms with Crippen molar-refractivity contribution in [3.8, 4) is 5.75 Å². The molecule has 0 aromatic heterocycles. The number of aromatic hydroxyl groups is 1. The first-order valence-corrected chi connectivity index (χ1v) is 23.7. The van der Waals surface area contributed by atoms with Gasteiger partial charge in [0, 0.05) is 25.5 Å². The zero-order valence-electron chi connectivity index (χ0n) is 40.7. The van der Waals surface area contributed by atoms with E-state index in [1.54, 1.807) is 71.9 Å². The van der Waals surface area contributed by atoms with Gasteiger partial charge >= 0.3 is 5.97 Å². The van der Waals surface area contributed by atoms with E-state index in [0.29, 0.717) is 18.4 Å². The predicted octanol–water partition coefficient (Wildman–Crippen LogP) is 1.16. The van der Waals surface area contributed by atoms with E-state index in [4.69, 9.17) is 10.5 Å². The second-order valence-corrected chi connectivity index (χ2v) is 18.6. The molecule has 20 nitrogen and oxygen atoms in total. The van der Waals surface area contributed by atoms with Gasteiger partial charge in [0.25, 0.3) is 5.91 Å². The summed E-state index contributed by atoms with van der Waals surface area (Å²) >= 11 is 0. The van der Waals surface area contributed by atoms with Crippen molar-refractivity contribution < 1.29 is 58.1 Å². The Morgan fingerprint density at radius 2 is 1.48 bits per heavy atom. The van der Waals surface area contributed by atoms with Crippen molar-refractivity contribution >= 4 is 53.2 Å². The lowest BCUT2D eigenvalue weighted by molar-refractivity contribution is -0.168. The first-order valence-electron chi connectivity index (χ1n) is 23.7. The Morgan fingerprint density at radius 3 is 2.07 bits per heavy atom. The number of ether oxygens (including phenoxy) is 1. The molecule has 20 heteroatoms. The number of aliphatic hydroxyl groups is 1. The van der Waals surface area contributed by atoms with Gasteiger partial charge in [-0.2, -0.15) is 0 Å². The zero-order valence-corrected chi connectivity index (χ0v) is 40.7. The number of cyclic esters (lactones) is 1. The number of nitrogens with one attached hydrogen (secondary N) is 5. The number of carbonyl (C=O) groups excluding carboxylic acids is 9. The SMILES string of the molecule is CC[C@H](C)[C@@H]1NC(=O)[C@H](Cc2ccc(O)cc2)N(C)C(=O)[C@H]([C@@H](C)CC)N2C(=O)C(CCC2O)NC(=O)[C@H](CC(C)C)NC(=O)[C@@H](NC(=O)[C@H](CCC(N)=O)NC(=O)c2ccccc2)[C@@H](C)OC1=O. The summed E-state index contributed by atoms with van der Waals surface area (Å²) in [7, 11) is 1.38. The van der Waals surface area contributed by atoms with Crippen LogP contribution in [0.1, 0.15) is 109 Å². The van der Waals surface area contributed by atoms with Crippen LogP contribution in [0.15, 0.2) is 54.6 Å². The van der Waals surface area contributed by atoms with Gasteiger partial charge in [0.2, 0.25) is 41.4 Å². The Labute approximate surface area is 403 Å². The first kappa shape index (κ1) is 55.0. The number of nitrogens with zero attached hydrogens (tertiary/aromatic N) is 2. The normalized spacial score (nSPS) is 25.7. The number of rotatable bonds is 15. The van der Waals surface area contributed by atoms with Crippen LogP contribution in [0.5, 0.6) is 5.75 Å². The molecule has 378 valence electrons. The lowest BCUT2D eigenvalue weighted by atomic mass is 9.91. The molecule has 0 radical (unpaired) electrons. The summed E-state index contributed by atoms with van der Waals surface area (Å²) < 4.78 is 5.94. The third kappa shape index (κ3) is 14.7. The molecular weight excluding hydrogens is 893 g/mol. The molecular formula is C49H70N8O12. The second kappa shape index (κ2) is 25.2. The third-order valence-corrected chi connectivity index (χ3v) is 12.9. The molecule has 0 spiro atoms. The van der Waals surface area contributed by atoms with Crippen molar-refractivity contribution in [3.63, 3.8) is 0 Å². The summed E-state index contributed by atoms with van der Waals surface area (Å²) in [6.45, 7) is 11.9. The van der Waals surface area contributed by atoms with E-state index in [2.05, 4.69) is 26.6 Å². The van der Waals surface area contributed by atoms with Crippen molar-refractivity contribution in [1.82, 2.24) is 36.4 Å². The fourth-order valence-electron chi connectivity index (χ4n) is 8.36. The molecule has 2 bridgehead atoms. The van der Waals surface area contributed by atoms with Gasteiger partial charge < -0.3 is 57.1 Å². The maximum Gasteiger partial charge on any atom is 0.329 e. The number of benzene rings is 2. The number of phenolic OH excluding ortho intramolecular Hbond substituents is 1. The molecule has 2 aromatic rings. The van der Waals surface area contributed by atoms with E-state index in [0.717, 1.165) is 9.80 Å². The van der Waals surface area contributed by atoms with Crippen LogP contribution in [-0.2, 0) is 49.5 Å². The molecule has 2 unspecified atom stereocenters. The molecule has 9 N–H and O–H groups in total. The number of amides is 8. The third-order valence-electron chi connectivity index (χ3n) is 12.9. The Morgan fingerprint density at radius 1 is 0.841 bits per heavy atom. The van der Waals surface area contributed by atoms with E-state index < -0.39 is 120 Å². The van der Waals surface area contributed by atoms with E-state index in [1.807, 2.05) is 0 Å². The van der Waals surface area contributed by atoms with Crippen LogP contribution >= 0.6 is 0 Å². The number of likely N-dealkylation sites (N-methyl/N-ethyl adjacent to an activating group) is 1. The molecule has 2 aliphatic rings. The minimum Gasteiger partial charge on any atom is -0.508 e. The van der Waals surface area contributed by atoms with Crippen LogP contribution in [0.4, 0.5) is 0 Å². The van der Waals surface area contributed by atoms with Crippen molar-refractivity contribution in [2.45, 2.75) is 154 Å². The Hall–Kier alpha value is -6.57. The molecule has 2 saturated heterocycles. The molecule has 11 atom stereocenters. The quantitative estimate of drug-likeness (QED) is 0.117. The number of primary amides is 1. The number of piperidine rings is 1. The van der Waals surface area contributed by atoms with Crippen molar-refractivity contribution in [2.75, 3.05) is 7.05 Å². The van der Waals surface area contributed by atoms with Gasteiger partial charge in [0.15, 0.2) is 0 Å². The zero-order chi connectivity index (χ0) is 51.3. The minimum absolute atomic E-state index is 0.0251. The minimum atomic E-state index is -1.77. The number of fused-ring (bicyclic) bond motifs is 2.